The second-order valence-corrected chi connectivity index (χ2v) is 10.6. The van der Waals surface area contributed by atoms with E-state index in [9.17, 15) is 0 Å². The number of hydrogen-bond acceptors (Lipinski definition) is 0. The van der Waals surface area contributed by atoms with E-state index in [1.165, 1.54) is 154 Å². The number of rotatable bonds is 24. The van der Waals surface area contributed by atoms with Gasteiger partial charge in [0.15, 0.2) is 12.4 Å². The predicted molar refractivity (Wildman–Crippen MR) is 148 cm³/mol. The van der Waals surface area contributed by atoms with Gasteiger partial charge in [0, 0.05) is 18.1 Å². The van der Waals surface area contributed by atoms with Crippen molar-refractivity contribution in [2.75, 3.05) is 0 Å². The van der Waals surface area contributed by atoms with E-state index in [4.69, 9.17) is 0 Å². The number of unbranched alkanes of at least 4 members (excludes halogenated alkanes) is 18. The molecule has 0 saturated heterocycles. The molecule has 0 spiro atoms. The van der Waals surface area contributed by atoms with Crippen LogP contribution in [0.15, 0.2) is 18.5 Å². The molecule has 0 fully saturated rings. The molecule has 0 bridgehead atoms. The molecule has 1 nitrogen and oxygen atoms in total. The van der Waals surface area contributed by atoms with Crippen LogP contribution in [-0.2, 0) is 19.4 Å². The van der Waals surface area contributed by atoms with Gasteiger partial charge in [-0.3, -0.25) is 0 Å². The molecule has 192 valence electrons. The zero-order valence-electron chi connectivity index (χ0n) is 23.1. The Hall–Kier alpha value is -0.850. The van der Waals surface area contributed by atoms with Crippen LogP contribution in [0.3, 0.4) is 0 Å². The third-order valence-electron chi connectivity index (χ3n) is 7.32. The summed E-state index contributed by atoms with van der Waals surface area (Å²) in [5.41, 5.74) is 3.27. The van der Waals surface area contributed by atoms with E-state index >= 15 is 0 Å². The van der Waals surface area contributed by atoms with Gasteiger partial charge < -0.3 is 0 Å². The minimum Gasteiger partial charge on any atom is -0.205 e. The first-order chi connectivity index (χ1) is 16.3. The number of aryl methyl sites for hydroxylation is 3. The molecule has 0 aliphatic carbocycles. The zero-order valence-corrected chi connectivity index (χ0v) is 23.1. The van der Waals surface area contributed by atoms with Gasteiger partial charge in [-0.2, -0.15) is 0 Å². The second-order valence-electron chi connectivity index (χ2n) is 10.6. The topological polar surface area (TPSA) is 3.88 Å². The Labute approximate surface area is 209 Å². The molecule has 33 heavy (non-hydrogen) atoms. The van der Waals surface area contributed by atoms with E-state index in [-0.39, 0.29) is 0 Å². The molecule has 0 radical (unpaired) electrons. The van der Waals surface area contributed by atoms with Crippen LogP contribution >= 0.6 is 0 Å². The fraction of sp³-hybridized carbons (Fsp3) is 0.844. The van der Waals surface area contributed by atoms with E-state index in [0.717, 1.165) is 0 Å². The van der Waals surface area contributed by atoms with Crippen LogP contribution in [0.5, 0.6) is 0 Å². The lowest BCUT2D eigenvalue weighted by atomic mass is 9.98. The van der Waals surface area contributed by atoms with Crippen molar-refractivity contribution in [1.29, 1.82) is 0 Å². The smallest absolute Gasteiger partial charge is 0.172 e. The number of pyridine rings is 1. The summed E-state index contributed by atoms with van der Waals surface area (Å²) in [4.78, 5) is 0. The maximum absolute atomic E-state index is 2.50. The van der Waals surface area contributed by atoms with Gasteiger partial charge in [0.25, 0.3) is 0 Å². The Balaban J connectivity index is 2.22. The fourth-order valence-electron chi connectivity index (χ4n) is 5.02. The minimum atomic E-state index is 1.20. The fourth-order valence-corrected chi connectivity index (χ4v) is 5.02. The van der Waals surface area contributed by atoms with Crippen molar-refractivity contribution in [3.63, 3.8) is 0 Å². The van der Waals surface area contributed by atoms with E-state index in [1.54, 1.807) is 11.1 Å². The van der Waals surface area contributed by atoms with Gasteiger partial charge in [-0.05, 0) is 37.7 Å². The van der Waals surface area contributed by atoms with Gasteiger partial charge in [-0.1, -0.05) is 130 Å². The summed E-state index contributed by atoms with van der Waals surface area (Å²) in [6, 6.07) is 2.45. The maximum atomic E-state index is 2.50. The molecule has 1 rings (SSSR count). The summed E-state index contributed by atoms with van der Waals surface area (Å²) in [5, 5.41) is 0. The number of aromatic nitrogens is 1. The van der Waals surface area contributed by atoms with Gasteiger partial charge in [0.2, 0.25) is 0 Å². The van der Waals surface area contributed by atoms with Crippen molar-refractivity contribution in [3.05, 3.63) is 29.6 Å². The van der Waals surface area contributed by atoms with Crippen LogP contribution in [0.4, 0.5) is 0 Å². The number of nitrogens with zero attached hydrogens (tertiary/aromatic N) is 1. The molecule has 0 aromatic carbocycles. The summed E-state index contributed by atoms with van der Waals surface area (Å²) in [7, 11) is 0. The van der Waals surface area contributed by atoms with Gasteiger partial charge in [0.1, 0.15) is 6.54 Å². The molecule has 1 heterocycles. The molecule has 1 aromatic heterocycles. The average Bonchev–Trinajstić information content (AvgIpc) is 2.83. The lowest BCUT2D eigenvalue weighted by Crippen LogP contribution is -2.34. The lowest BCUT2D eigenvalue weighted by molar-refractivity contribution is -0.697. The highest BCUT2D eigenvalue weighted by Gasteiger charge is 2.10. The molecular formula is C32H60N+. The van der Waals surface area contributed by atoms with Crippen molar-refractivity contribution < 1.29 is 4.57 Å². The first-order valence-corrected chi connectivity index (χ1v) is 15.3. The van der Waals surface area contributed by atoms with Gasteiger partial charge >= 0.3 is 0 Å². The maximum Gasteiger partial charge on any atom is 0.172 e. The molecule has 0 amide bonds. The van der Waals surface area contributed by atoms with Crippen LogP contribution < -0.4 is 4.57 Å². The van der Waals surface area contributed by atoms with Gasteiger partial charge in [-0.15, -0.1) is 0 Å². The molecule has 0 aliphatic heterocycles. The van der Waals surface area contributed by atoms with Gasteiger partial charge in [0.05, 0.1) is 0 Å². The summed E-state index contributed by atoms with van der Waals surface area (Å²) in [6.45, 7) is 8.12. The summed E-state index contributed by atoms with van der Waals surface area (Å²) >= 11 is 0. The molecule has 0 aliphatic rings. The van der Waals surface area contributed by atoms with E-state index < -0.39 is 0 Å². The Morgan fingerprint density at radius 2 is 0.848 bits per heavy atom. The standard InChI is InChI=1S/C32H60N/c1-4-7-10-13-14-15-16-17-18-19-20-21-24-28-33-29-27-31(25-22-11-8-5-2)32(30-33)26-23-12-9-6-3/h27,29-30H,4-26,28H2,1-3H3/q+1. The van der Waals surface area contributed by atoms with Crippen LogP contribution in [-0.4, -0.2) is 0 Å². The van der Waals surface area contributed by atoms with Crippen LogP contribution in [0.2, 0.25) is 0 Å². The van der Waals surface area contributed by atoms with Crippen molar-refractivity contribution in [2.24, 2.45) is 0 Å². The SMILES string of the molecule is CCCCCCCCCCCCCCC[n+]1ccc(CCCCCC)c(CCCCCC)c1. The van der Waals surface area contributed by atoms with E-state index in [1.807, 2.05) is 0 Å². The third-order valence-corrected chi connectivity index (χ3v) is 7.32. The second kappa shape index (κ2) is 22.9. The monoisotopic (exact) mass is 458 g/mol. The highest BCUT2D eigenvalue weighted by Crippen LogP contribution is 2.16. The highest BCUT2D eigenvalue weighted by molar-refractivity contribution is 5.21. The average molecular weight is 459 g/mol. The summed E-state index contributed by atoms with van der Waals surface area (Å²) in [5.74, 6) is 0. The third kappa shape index (κ3) is 17.3. The van der Waals surface area contributed by atoms with Crippen molar-refractivity contribution in [1.82, 2.24) is 0 Å². The first kappa shape index (κ1) is 30.2. The van der Waals surface area contributed by atoms with Crippen LogP contribution in [0.1, 0.15) is 167 Å². The molecule has 0 saturated carbocycles. The molecule has 0 unspecified atom stereocenters. The largest absolute Gasteiger partial charge is 0.205 e. The Kier molecular flexibility index (Phi) is 21.0. The zero-order chi connectivity index (χ0) is 23.8. The highest BCUT2D eigenvalue weighted by atomic mass is 14.9. The lowest BCUT2D eigenvalue weighted by Gasteiger charge is -2.09. The number of hydrogen-bond donors (Lipinski definition) is 0. The predicted octanol–water partition coefficient (Wildman–Crippen LogP) is 10.3. The summed E-state index contributed by atoms with van der Waals surface area (Å²) in [6.07, 6.45) is 37.0. The Morgan fingerprint density at radius 3 is 1.33 bits per heavy atom. The summed E-state index contributed by atoms with van der Waals surface area (Å²) < 4.78 is 2.49. The molecule has 0 atom stereocenters. The van der Waals surface area contributed by atoms with Crippen LogP contribution in [0, 0.1) is 0 Å². The van der Waals surface area contributed by atoms with Crippen molar-refractivity contribution in [3.8, 4) is 0 Å². The molecule has 1 aromatic rings. The van der Waals surface area contributed by atoms with Crippen molar-refractivity contribution in [2.45, 2.75) is 175 Å². The Bertz CT molecular complexity index is 535. The molecule has 0 N–H and O–H groups in total. The Morgan fingerprint density at radius 1 is 0.455 bits per heavy atom. The molecular weight excluding hydrogens is 398 g/mol. The van der Waals surface area contributed by atoms with Crippen molar-refractivity contribution >= 4 is 0 Å². The minimum absolute atomic E-state index is 1.20. The van der Waals surface area contributed by atoms with E-state index in [0.29, 0.717) is 0 Å². The van der Waals surface area contributed by atoms with Gasteiger partial charge in [-0.25, -0.2) is 4.57 Å². The van der Waals surface area contributed by atoms with Crippen LogP contribution in [0.25, 0.3) is 0 Å². The van der Waals surface area contributed by atoms with E-state index in [2.05, 4.69) is 43.8 Å². The first-order valence-electron chi connectivity index (χ1n) is 15.3. The quantitative estimate of drug-likeness (QED) is 0.107. The molecule has 1 heteroatoms. The normalized spacial score (nSPS) is 11.4.